The number of hydrogen-bond donors (Lipinski definition) is 1. The maximum absolute atomic E-state index is 12.2. The average Bonchev–Trinajstić information content (AvgIpc) is 3.10. The molecule has 0 unspecified atom stereocenters. The van der Waals surface area contributed by atoms with E-state index in [4.69, 9.17) is 9.15 Å². The number of ether oxygens (including phenoxy) is 1. The van der Waals surface area contributed by atoms with Crippen LogP contribution in [0.5, 0.6) is 5.75 Å². The molecule has 26 heavy (non-hydrogen) atoms. The Kier molecular flexibility index (Phi) is 5.73. The second-order valence-corrected chi connectivity index (χ2v) is 6.67. The standard InChI is InChI=1S/C20H19BrN2O3/c1-3-22-19(24)17-6-4-5-13(2)18(17)25-11-16-12-26-20(23-16)14-7-9-15(21)10-8-14/h4-10,12H,3,11H2,1-2H3,(H,22,24). The molecular weight excluding hydrogens is 396 g/mol. The second kappa shape index (κ2) is 8.19. The molecule has 0 aliphatic carbocycles. The predicted molar refractivity (Wildman–Crippen MR) is 103 cm³/mol. The van der Waals surface area contributed by atoms with Crippen molar-refractivity contribution in [1.29, 1.82) is 0 Å². The summed E-state index contributed by atoms with van der Waals surface area (Å²) < 4.78 is 12.4. The lowest BCUT2D eigenvalue weighted by Gasteiger charge is -2.12. The topological polar surface area (TPSA) is 64.4 Å². The monoisotopic (exact) mass is 414 g/mol. The minimum Gasteiger partial charge on any atom is -0.486 e. The van der Waals surface area contributed by atoms with E-state index in [1.807, 2.05) is 50.2 Å². The van der Waals surface area contributed by atoms with Crippen LogP contribution >= 0.6 is 15.9 Å². The first-order valence-corrected chi connectivity index (χ1v) is 9.08. The van der Waals surface area contributed by atoms with E-state index in [0.717, 1.165) is 15.6 Å². The van der Waals surface area contributed by atoms with Crippen molar-refractivity contribution >= 4 is 21.8 Å². The van der Waals surface area contributed by atoms with Crippen LogP contribution in [0.4, 0.5) is 0 Å². The van der Waals surface area contributed by atoms with Crippen LogP contribution in [-0.2, 0) is 6.61 Å². The van der Waals surface area contributed by atoms with E-state index < -0.39 is 0 Å². The Hall–Kier alpha value is -2.60. The van der Waals surface area contributed by atoms with Crippen molar-refractivity contribution in [2.24, 2.45) is 0 Å². The van der Waals surface area contributed by atoms with Crippen molar-refractivity contribution in [3.8, 4) is 17.2 Å². The van der Waals surface area contributed by atoms with Crippen LogP contribution in [-0.4, -0.2) is 17.4 Å². The number of nitrogens with one attached hydrogen (secondary N) is 1. The van der Waals surface area contributed by atoms with Crippen molar-refractivity contribution in [3.63, 3.8) is 0 Å². The van der Waals surface area contributed by atoms with Crippen molar-refractivity contribution in [2.75, 3.05) is 6.54 Å². The highest BCUT2D eigenvalue weighted by atomic mass is 79.9. The summed E-state index contributed by atoms with van der Waals surface area (Å²) in [5.41, 5.74) is 2.96. The highest BCUT2D eigenvalue weighted by Gasteiger charge is 2.15. The molecule has 1 N–H and O–H groups in total. The summed E-state index contributed by atoms with van der Waals surface area (Å²) in [6, 6.07) is 13.2. The first kappa shape index (κ1) is 18.2. The Balaban J connectivity index is 1.76. The molecule has 3 aromatic rings. The van der Waals surface area contributed by atoms with Gasteiger partial charge in [0.25, 0.3) is 5.91 Å². The van der Waals surface area contributed by atoms with E-state index in [1.54, 1.807) is 12.3 Å². The number of para-hydroxylation sites is 1. The first-order valence-electron chi connectivity index (χ1n) is 8.29. The molecule has 0 bridgehead atoms. The summed E-state index contributed by atoms with van der Waals surface area (Å²) in [5.74, 6) is 0.943. The van der Waals surface area contributed by atoms with Crippen LogP contribution in [0.1, 0.15) is 28.5 Å². The maximum Gasteiger partial charge on any atom is 0.255 e. The van der Waals surface area contributed by atoms with Crippen LogP contribution in [0.25, 0.3) is 11.5 Å². The van der Waals surface area contributed by atoms with Gasteiger partial charge in [-0.15, -0.1) is 0 Å². The molecular formula is C20H19BrN2O3. The quantitative estimate of drug-likeness (QED) is 0.632. The van der Waals surface area contributed by atoms with E-state index in [9.17, 15) is 4.79 Å². The van der Waals surface area contributed by atoms with Gasteiger partial charge in [-0.2, -0.15) is 0 Å². The van der Waals surface area contributed by atoms with Gasteiger partial charge in [-0.05, 0) is 49.7 Å². The van der Waals surface area contributed by atoms with Crippen molar-refractivity contribution in [2.45, 2.75) is 20.5 Å². The van der Waals surface area contributed by atoms with Crippen LogP contribution in [0.15, 0.2) is 57.6 Å². The fraction of sp³-hybridized carbons (Fsp3) is 0.200. The van der Waals surface area contributed by atoms with Crippen molar-refractivity contribution in [1.82, 2.24) is 10.3 Å². The first-order chi connectivity index (χ1) is 12.6. The molecule has 0 spiro atoms. The molecule has 1 amide bonds. The van der Waals surface area contributed by atoms with Crippen molar-refractivity contribution in [3.05, 3.63) is 70.0 Å². The van der Waals surface area contributed by atoms with Gasteiger partial charge in [-0.1, -0.05) is 28.1 Å². The maximum atomic E-state index is 12.2. The number of nitrogens with zero attached hydrogens (tertiary/aromatic N) is 1. The molecule has 0 aliphatic heterocycles. The molecule has 0 atom stereocenters. The zero-order chi connectivity index (χ0) is 18.5. The molecule has 1 aromatic heterocycles. The molecule has 1 heterocycles. The molecule has 134 valence electrons. The molecule has 0 saturated heterocycles. The molecule has 3 rings (SSSR count). The molecule has 0 saturated carbocycles. The van der Waals surface area contributed by atoms with Crippen LogP contribution < -0.4 is 10.1 Å². The highest BCUT2D eigenvalue weighted by Crippen LogP contribution is 2.26. The zero-order valence-electron chi connectivity index (χ0n) is 14.6. The van der Waals surface area contributed by atoms with Gasteiger partial charge >= 0.3 is 0 Å². The van der Waals surface area contributed by atoms with Crippen LogP contribution in [0, 0.1) is 6.92 Å². The largest absolute Gasteiger partial charge is 0.486 e. The summed E-state index contributed by atoms with van der Waals surface area (Å²) in [6.45, 7) is 4.57. The van der Waals surface area contributed by atoms with Crippen molar-refractivity contribution < 1.29 is 13.9 Å². The van der Waals surface area contributed by atoms with Gasteiger partial charge in [0.1, 0.15) is 24.3 Å². The third-order valence-electron chi connectivity index (χ3n) is 3.80. The number of benzene rings is 2. The Morgan fingerprint density at radius 2 is 2.00 bits per heavy atom. The minimum absolute atomic E-state index is 0.151. The molecule has 0 radical (unpaired) electrons. The summed E-state index contributed by atoms with van der Waals surface area (Å²) in [6.07, 6.45) is 1.57. The molecule has 0 aliphatic rings. The number of aromatic nitrogens is 1. The Morgan fingerprint density at radius 1 is 1.23 bits per heavy atom. The fourth-order valence-corrected chi connectivity index (χ4v) is 2.79. The molecule has 6 heteroatoms. The third kappa shape index (κ3) is 4.14. The van der Waals surface area contributed by atoms with Gasteiger partial charge in [-0.25, -0.2) is 4.98 Å². The van der Waals surface area contributed by atoms with Gasteiger partial charge < -0.3 is 14.5 Å². The lowest BCUT2D eigenvalue weighted by atomic mass is 10.1. The summed E-state index contributed by atoms with van der Waals surface area (Å²) >= 11 is 3.41. The second-order valence-electron chi connectivity index (χ2n) is 5.75. The number of amides is 1. The summed E-state index contributed by atoms with van der Waals surface area (Å²) in [5, 5.41) is 2.80. The van der Waals surface area contributed by atoms with Gasteiger partial charge in [0.2, 0.25) is 5.89 Å². The minimum atomic E-state index is -0.151. The number of carbonyl (C=O) groups is 1. The van der Waals surface area contributed by atoms with E-state index in [-0.39, 0.29) is 12.5 Å². The van der Waals surface area contributed by atoms with E-state index in [2.05, 4.69) is 26.2 Å². The Bertz CT molecular complexity index is 904. The number of aryl methyl sites for hydroxylation is 1. The molecule has 5 nitrogen and oxygen atoms in total. The average molecular weight is 415 g/mol. The van der Waals surface area contributed by atoms with Crippen LogP contribution in [0.3, 0.4) is 0 Å². The van der Waals surface area contributed by atoms with Crippen LogP contribution in [0.2, 0.25) is 0 Å². The van der Waals surface area contributed by atoms with Gasteiger partial charge in [0, 0.05) is 16.6 Å². The smallest absolute Gasteiger partial charge is 0.255 e. The van der Waals surface area contributed by atoms with Gasteiger partial charge in [-0.3, -0.25) is 4.79 Å². The zero-order valence-corrected chi connectivity index (χ0v) is 16.2. The van der Waals surface area contributed by atoms with E-state index in [0.29, 0.717) is 29.4 Å². The number of halogens is 1. The van der Waals surface area contributed by atoms with Gasteiger partial charge in [0.05, 0.1) is 5.56 Å². The lowest BCUT2D eigenvalue weighted by molar-refractivity contribution is 0.0951. The molecule has 0 fully saturated rings. The van der Waals surface area contributed by atoms with Gasteiger partial charge in [0.15, 0.2) is 0 Å². The van der Waals surface area contributed by atoms with E-state index >= 15 is 0 Å². The predicted octanol–water partition coefficient (Wildman–Crippen LogP) is 4.74. The highest BCUT2D eigenvalue weighted by molar-refractivity contribution is 9.10. The summed E-state index contributed by atoms with van der Waals surface area (Å²) in [4.78, 5) is 16.7. The Labute approximate surface area is 160 Å². The number of carbonyl (C=O) groups excluding carboxylic acids is 1. The van der Waals surface area contributed by atoms with E-state index in [1.165, 1.54) is 0 Å². The fourth-order valence-electron chi connectivity index (χ4n) is 2.52. The number of hydrogen-bond acceptors (Lipinski definition) is 4. The SMILES string of the molecule is CCNC(=O)c1cccc(C)c1OCc1coc(-c2ccc(Br)cc2)n1. The Morgan fingerprint density at radius 3 is 2.73 bits per heavy atom. The lowest BCUT2D eigenvalue weighted by Crippen LogP contribution is -2.23. The normalized spacial score (nSPS) is 10.6. The number of oxazole rings is 1. The molecule has 2 aromatic carbocycles. The third-order valence-corrected chi connectivity index (χ3v) is 4.33. The number of rotatable bonds is 6. The summed E-state index contributed by atoms with van der Waals surface area (Å²) in [7, 11) is 0.